The topological polar surface area (TPSA) is 80.3 Å². The standard InChI is InChI=1S/C24H19N3O3/c28-23(26-16-19-4-3-13-25-15-19)12-11-17-7-9-18(10-8-17)14-22-24(29)27-20-5-1-2-6-21(20)30-22/h1-15H,16H2,(H,26,28)(H,27,29)/b12-11+,22-14-. The van der Waals surface area contributed by atoms with Gasteiger partial charge in [0.05, 0.1) is 5.69 Å². The molecule has 0 radical (unpaired) electrons. The fourth-order valence-corrected chi connectivity index (χ4v) is 2.88. The lowest BCUT2D eigenvalue weighted by atomic mass is 10.1. The number of aromatic nitrogens is 1. The summed E-state index contributed by atoms with van der Waals surface area (Å²) in [6, 6.07) is 18.5. The van der Waals surface area contributed by atoms with Crippen LogP contribution in [0.1, 0.15) is 16.7 Å². The van der Waals surface area contributed by atoms with E-state index in [1.807, 2.05) is 48.5 Å². The highest BCUT2D eigenvalue weighted by molar-refractivity contribution is 6.08. The number of hydrogen-bond donors (Lipinski definition) is 2. The molecule has 6 nitrogen and oxygen atoms in total. The maximum absolute atomic E-state index is 12.2. The Morgan fingerprint density at radius 2 is 1.83 bits per heavy atom. The predicted octanol–water partition coefficient (Wildman–Crippen LogP) is 3.78. The Labute approximate surface area is 173 Å². The number of pyridine rings is 1. The van der Waals surface area contributed by atoms with Gasteiger partial charge < -0.3 is 15.4 Å². The lowest BCUT2D eigenvalue weighted by molar-refractivity contribution is -0.116. The second-order valence-corrected chi connectivity index (χ2v) is 6.64. The predicted molar refractivity (Wildman–Crippen MR) is 115 cm³/mol. The van der Waals surface area contributed by atoms with Gasteiger partial charge in [0, 0.05) is 25.0 Å². The summed E-state index contributed by atoms with van der Waals surface area (Å²) in [5.74, 6) is 0.367. The number of nitrogens with one attached hydrogen (secondary N) is 2. The Morgan fingerprint density at radius 3 is 2.63 bits per heavy atom. The van der Waals surface area contributed by atoms with E-state index in [4.69, 9.17) is 4.74 Å². The van der Waals surface area contributed by atoms with Crippen LogP contribution < -0.4 is 15.4 Å². The highest BCUT2D eigenvalue weighted by Crippen LogP contribution is 2.30. The van der Waals surface area contributed by atoms with Crippen molar-refractivity contribution in [1.82, 2.24) is 10.3 Å². The summed E-state index contributed by atoms with van der Waals surface area (Å²) in [5, 5.41) is 5.62. The number of amides is 2. The number of hydrogen-bond acceptors (Lipinski definition) is 4. The first kappa shape index (κ1) is 19.1. The molecule has 1 aromatic heterocycles. The zero-order valence-corrected chi connectivity index (χ0v) is 16.0. The second-order valence-electron chi connectivity index (χ2n) is 6.64. The maximum atomic E-state index is 12.2. The Morgan fingerprint density at radius 1 is 1.03 bits per heavy atom. The van der Waals surface area contributed by atoms with Crippen molar-refractivity contribution in [3.8, 4) is 5.75 Å². The number of ether oxygens (including phenoxy) is 1. The molecule has 4 rings (SSSR count). The summed E-state index contributed by atoms with van der Waals surface area (Å²) in [7, 11) is 0. The molecule has 2 amide bonds. The number of rotatable bonds is 5. The van der Waals surface area contributed by atoms with E-state index in [9.17, 15) is 9.59 Å². The highest BCUT2D eigenvalue weighted by Gasteiger charge is 2.21. The van der Waals surface area contributed by atoms with Gasteiger partial charge in [-0.05, 0) is 47.0 Å². The van der Waals surface area contributed by atoms with Crippen molar-refractivity contribution >= 4 is 29.7 Å². The van der Waals surface area contributed by atoms with E-state index in [2.05, 4.69) is 15.6 Å². The number of nitrogens with zero attached hydrogens (tertiary/aromatic N) is 1. The van der Waals surface area contributed by atoms with Gasteiger partial charge in [-0.25, -0.2) is 0 Å². The molecule has 2 N–H and O–H groups in total. The van der Waals surface area contributed by atoms with Crippen LogP contribution in [0.2, 0.25) is 0 Å². The van der Waals surface area contributed by atoms with Crippen LogP contribution in [0, 0.1) is 0 Å². The van der Waals surface area contributed by atoms with Gasteiger partial charge >= 0.3 is 0 Å². The van der Waals surface area contributed by atoms with Crippen LogP contribution in [0.5, 0.6) is 5.75 Å². The summed E-state index contributed by atoms with van der Waals surface area (Å²) in [6.07, 6.45) is 8.30. The van der Waals surface area contributed by atoms with E-state index in [0.29, 0.717) is 18.0 Å². The summed E-state index contributed by atoms with van der Waals surface area (Å²) in [4.78, 5) is 28.2. The van der Waals surface area contributed by atoms with Crippen molar-refractivity contribution in [2.75, 3.05) is 5.32 Å². The van der Waals surface area contributed by atoms with E-state index >= 15 is 0 Å². The highest BCUT2D eigenvalue weighted by atomic mass is 16.5. The third-order valence-electron chi connectivity index (χ3n) is 4.43. The monoisotopic (exact) mass is 397 g/mol. The van der Waals surface area contributed by atoms with Crippen LogP contribution in [-0.4, -0.2) is 16.8 Å². The molecule has 1 aliphatic heterocycles. The molecule has 0 unspecified atom stereocenters. The van der Waals surface area contributed by atoms with Crippen molar-refractivity contribution < 1.29 is 14.3 Å². The first-order chi connectivity index (χ1) is 14.7. The molecular weight excluding hydrogens is 378 g/mol. The first-order valence-corrected chi connectivity index (χ1v) is 9.42. The summed E-state index contributed by atoms with van der Waals surface area (Å²) in [6.45, 7) is 0.425. The molecule has 30 heavy (non-hydrogen) atoms. The normalized spacial score (nSPS) is 14.1. The van der Waals surface area contributed by atoms with Gasteiger partial charge in [-0.1, -0.05) is 42.5 Å². The molecule has 3 aromatic rings. The third-order valence-corrected chi connectivity index (χ3v) is 4.43. The molecule has 1 aliphatic rings. The lowest BCUT2D eigenvalue weighted by Gasteiger charge is -2.19. The average Bonchev–Trinajstić information content (AvgIpc) is 2.78. The number of carbonyl (C=O) groups is 2. The molecule has 0 aliphatic carbocycles. The minimum atomic E-state index is -0.289. The lowest BCUT2D eigenvalue weighted by Crippen LogP contribution is -2.23. The Balaban J connectivity index is 1.37. The minimum Gasteiger partial charge on any atom is -0.449 e. The van der Waals surface area contributed by atoms with E-state index in [1.54, 1.807) is 36.7 Å². The third kappa shape index (κ3) is 4.80. The molecule has 0 saturated carbocycles. The van der Waals surface area contributed by atoms with E-state index in [0.717, 1.165) is 16.7 Å². The van der Waals surface area contributed by atoms with Crippen LogP contribution in [-0.2, 0) is 16.1 Å². The molecular formula is C24H19N3O3. The van der Waals surface area contributed by atoms with Gasteiger partial charge in [-0.15, -0.1) is 0 Å². The van der Waals surface area contributed by atoms with E-state index in [1.165, 1.54) is 6.08 Å². The molecule has 6 heteroatoms. The maximum Gasteiger partial charge on any atom is 0.291 e. The molecule has 148 valence electrons. The van der Waals surface area contributed by atoms with Crippen molar-refractivity contribution in [1.29, 1.82) is 0 Å². The molecule has 0 saturated heterocycles. The van der Waals surface area contributed by atoms with Gasteiger partial charge in [0.25, 0.3) is 5.91 Å². The van der Waals surface area contributed by atoms with E-state index < -0.39 is 0 Å². The SMILES string of the molecule is O=C(/C=C/c1ccc(/C=C2\Oc3ccccc3NC2=O)cc1)NCc1cccnc1. The van der Waals surface area contributed by atoms with Gasteiger partial charge in [0.2, 0.25) is 5.91 Å². The van der Waals surface area contributed by atoms with Crippen molar-refractivity contribution in [3.63, 3.8) is 0 Å². The van der Waals surface area contributed by atoms with Crippen molar-refractivity contribution in [2.45, 2.75) is 6.54 Å². The summed E-state index contributed by atoms with van der Waals surface area (Å²) < 4.78 is 5.70. The van der Waals surface area contributed by atoms with Crippen LogP contribution in [0.25, 0.3) is 12.2 Å². The molecule has 2 aromatic carbocycles. The quantitative estimate of drug-likeness (QED) is 0.642. The Kier molecular flexibility index (Phi) is 5.66. The second kappa shape index (κ2) is 8.87. The average molecular weight is 397 g/mol. The van der Waals surface area contributed by atoms with Crippen LogP contribution in [0.4, 0.5) is 5.69 Å². The number of carbonyl (C=O) groups excluding carboxylic acids is 2. The van der Waals surface area contributed by atoms with Crippen LogP contribution in [0.15, 0.2) is 84.9 Å². The molecule has 0 bridgehead atoms. The van der Waals surface area contributed by atoms with Crippen molar-refractivity contribution in [3.05, 3.63) is 102 Å². The molecule has 0 atom stereocenters. The Hall–Kier alpha value is -4.19. The zero-order valence-electron chi connectivity index (χ0n) is 16.0. The summed E-state index contributed by atoms with van der Waals surface area (Å²) in [5.41, 5.74) is 3.28. The van der Waals surface area contributed by atoms with Crippen LogP contribution in [0.3, 0.4) is 0 Å². The largest absolute Gasteiger partial charge is 0.449 e. The first-order valence-electron chi connectivity index (χ1n) is 9.42. The summed E-state index contributed by atoms with van der Waals surface area (Å²) >= 11 is 0. The Bertz CT molecular complexity index is 1120. The smallest absolute Gasteiger partial charge is 0.291 e. The van der Waals surface area contributed by atoms with E-state index in [-0.39, 0.29) is 17.6 Å². The molecule has 0 fully saturated rings. The number of fused-ring (bicyclic) bond motifs is 1. The molecule has 0 spiro atoms. The zero-order chi connectivity index (χ0) is 20.8. The molecule has 2 heterocycles. The van der Waals surface area contributed by atoms with Gasteiger partial charge in [-0.3, -0.25) is 14.6 Å². The number of benzene rings is 2. The fourth-order valence-electron chi connectivity index (χ4n) is 2.88. The number of anilines is 1. The van der Waals surface area contributed by atoms with Crippen LogP contribution >= 0.6 is 0 Å². The fraction of sp³-hybridized carbons (Fsp3) is 0.0417. The van der Waals surface area contributed by atoms with Crippen molar-refractivity contribution in [2.24, 2.45) is 0 Å². The number of para-hydroxylation sites is 2. The van der Waals surface area contributed by atoms with Gasteiger partial charge in [0.15, 0.2) is 11.5 Å². The van der Waals surface area contributed by atoms with Gasteiger partial charge in [-0.2, -0.15) is 0 Å². The minimum absolute atomic E-state index is 0.184. The van der Waals surface area contributed by atoms with Gasteiger partial charge in [0.1, 0.15) is 0 Å².